The molecule has 3 aromatic rings. The van der Waals surface area contributed by atoms with E-state index in [1.165, 1.54) is 12.5 Å². The summed E-state index contributed by atoms with van der Waals surface area (Å²) >= 11 is 0. The molecule has 172 valence electrons. The van der Waals surface area contributed by atoms with Crippen molar-refractivity contribution in [2.45, 2.75) is 18.6 Å². The van der Waals surface area contributed by atoms with Gasteiger partial charge in [-0.1, -0.05) is 54.6 Å². The number of anilines is 1. The molecule has 0 radical (unpaired) electrons. The molecule has 1 N–H and O–H groups in total. The minimum Gasteiger partial charge on any atom is -0.322 e. The molecule has 1 heterocycles. The monoisotopic (exact) mass is 471 g/mol. The van der Waals surface area contributed by atoms with Crippen LogP contribution in [0.2, 0.25) is 0 Å². The summed E-state index contributed by atoms with van der Waals surface area (Å²) in [6, 6.07) is 16.4. The maximum atomic E-state index is 13.0. The van der Waals surface area contributed by atoms with Crippen LogP contribution < -0.4 is 5.32 Å². The van der Waals surface area contributed by atoms with Gasteiger partial charge in [0.2, 0.25) is 0 Å². The van der Waals surface area contributed by atoms with Gasteiger partial charge in [0, 0.05) is 35.5 Å². The SMILES string of the molecule is Cc1ccccc1C(=O)Nc1cccc(-c2cncc(C(=O)N=[S@@](C)(=O)C3C=CC=CC3)c2)c1. The second-order valence-electron chi connectivity index (χ2n) is 8.16. The lowest BCUT2D eigenvalue weighted by molar-refractivity contribution is 0.100. The van der Waals surface area contributed by atoms with Crippen molar-refractivity contribution in [1.82, 2.24) is 4.98 Å². The Hall–Kier alpha value is -3.84. The lowest BCUT2D eigenvalue weighted by Gasteiger charge is -2.14. The smallest absolute Gasteiger partial charge is 0.286 e. The molecule has 0 spiro atoms. The van der Waals surface area contributed by atoms with Crippen molar-refractivity contribution < 1.29 is 13.8 Å². The zero-order chi connectivity index (χ0) is 24.1. The van der Waals surface area contributed by atoms with Crippen LogP contribution in [0.15, 0.2) is 95.7 Å². The van der Waals surface area contributed by atoms with Gasteiger partial charge in [0.05, 0.1) is 20.5 Å². The summed E-state index contributed by atoms with van der Waals surface area (Å²) < 4.78 is 17.1. The van der Waals surface area contributed by atoms with Gasteiger partial charge in [-0.05, 0) is 48.7 Å². The van der Waals surface area contributed by atoms with Crippen molar-refractivity contribution in [1.29, 1.82) is 0 Å². The van der Waals surface area contributed by atoms with Crippen molar-refractivity contribution in [2.75, 3.05) is 11.6 Å². The number of aryl methyl sites for hydroxylation is 1. The Morgan fingerprint density at radius 3 is 2.62 bits per heavy atom. The van der Waals surface area contributed by atoms with Crippen molar-refractivity contribution >= 4 is 27.2 Å². The Morgan fingerprint density at radius 1 is 1.03 bits per heavy atom. The molecule has 1 aliphatic rings. The van der Waals surface area contributed by atoms with Gasteiger partial charge >= 0.3 is 0 Å². The first kappa shape index (κ1) is 23.3. The summed E-state index contributed by atoms with van der Waals surface area (Å²) in [7, 11) is -2.75. The van der Waals surface area contributed by atoms with E-state index in [0.717, 1.165) is 11.1 Å². The molecule has 0 fully saturated rings. The van der Waals surface area contributed by atoms with E-state index < -0.39 is 15.6 Å². The fourth-order valence-electron chi connectivity index (χ4n) is 3.68. The number of carbonyl (C=O) groups is 2. The number of rotatable bonds is 5. The first-order valence-corrected chi connectivity index (χ1v) is 12.8. The Labute approximate surface area is 199 Å². The molecule has 7 heteroatoms. The van der Waals surface area contributed by atoms with Crippen LogP contribution in [0.4, 0.5) is 5.69 Å². The number of carbonyl (C=O) groups excluding carboxylic acids is 2. The van der Waals surface area contributed by atoms with Crippen molar-refractivity contribution in [3.8, 4) is 11.1 Å². The van der Waals surface area contributed by atoms with E-state index in [9.17, 15) is 13.8 Å². The zero-order valence-electron chi connectivity index (χ0n) is 19.0. The highest BCUT2D eigenvalue weighted by Gasteiger charge is 2.19. The summed E-state index contributed by atoms with van der Waals surface area (Å²) in [5, 5.41) is 2.62. The number of amides is 2. The molecule has 0 saturated heterocycles. The van der Waals surface area contributed by atoms with Gasteiger partial charge < -0.3 is 5.32 Å². The first-order valence-electron chi connectivity index (χ1n) is 10.8. The fraction of sp³-hybridized carbons (Fsp3) is 0.148. The number of pyridine rings is 1. The molecule has 2 aromatic carbocycles. The van der Waals surface area contributed by atoms with E-state index in [1.807, 2.05) is 67.6 Å². The molecule has 2 amide bonds. The van der Waals surface area contributed by atoms with Gasteiger partial charge in [0.1, 0.15) is 0 Å². The fourth-order valence-corrected chi connectivity index (χ4v) is 5.11. The van der Waals surface area contributed by atoms with Crippen molar-refractivity contribution in [3.63, 3.8) is 0 Å². The normalized spacial score (nSPS) is 16.5. The Morgan fingerprint density at radius 2 is 1.85 bits per heavy atom. The highest BCUT2D eigenvalue weighted by Crippen LogP contribution is 2.24. The second-order valence-corrected chi connectivity index (χ2v) is 10.7. The predicted molar refractivity (Wildman–Crippen MR) is 136 cm³/mol. The summed E-state index contributed by atoms with van der Waals surface area (Å²) in [6.07, 6.45) is 12.6. The molecule has 2 atom stereocenters. The first-order chi connectivity index (χ1) is 16.3. The third-order valence-corrected chi connectivity index (χ3v) is 7.60. The summed E-state index contributed by atoms with van der Waals surface area (Å²) in [5.74, 6) is -0.755. The van der Waals surface area contributed by atoms with Gasteiger partial charge in [-0.25, -0.2) is 4.21 Å². The molecule has 6 nitrogen and oxygen atoms in total. The Balaban J connectivity index is 1.57. The molecule has 0 bridgehead atoms. The van der Waals surface area contributed by atoms with E-state index in [1.54, 1.807) is 24.4 Å². The van der Waals surface area contributed by atoms with Crippen LogP contribution in [-0.2, 0) is 9.73 Å². The van der Waals surface area contributed by atoms with Crippen LogP contribution in [0.1, 0.15) is 32.7 Å². The molecule has 0 saturated carbocycles. The van der Waals surface area contributed by atoms with E-state index in [4.69, 9.17) is 0 Å². The van der Waals surface area contributed by atoms with Crippen LogP contribution in [0.5, 0.6) is 0 Å². The van der Waals surface area contributed by atoms with Gasteiger partial charge in [-0.2, -0.15) is 4.36 Å². The number of hydrogen-bond donors (Lipinski definition) is 1. The van der Waals surface area contributed by atoms with E-state index in [2.05, 4.69) is 14.7 Å². The summed E-state index contributed by atoms with van der Waals surface area (Å²) in [4.78, 5) is 29.7. The number of aromatic nitrogens is 1. The molecular formula is C27H25N3O3S. The van der Waals surface area contributed by atoms with E-state index in [0.29, 0.717) is 23.2 Å². The molecule has 1 aliphatic carbocycles. The third kappa shape index (κ3) is 5.38. The van der Waals surface area contributed by atoms with Crippen LogP contribution in [0, 0.1) is 6.92 Å². The third-order valence-electron chi connectivity index (χ3n) is 5.60. The summed E-state index contributed by atoms with van der Waals surface area (Å²) in [6.45, 7) is 1.89. The van der Waals surface area contributed by atoms with Crippen LogP contribution >= 0.6 is 0 Å². The second kappa shape index (κ2) is 9.97. The zero-order valence-corrected chi connectivity index (χ0v) is 19.8. The van der Waals surface area contributed by atoms with Crippen LogP contribution in [0.25, 0.3) is 11.1 Å². The quantitative estimate of drug-likeness (QED) is 0.537. The lowest BCUT2D eigenvalue weighted by Crippen LogP contribution is -2.19. The van der Waals surface area contributed by atoms with E-state index >= 15 is 0 Å². The number of nitrogens with zero attached hydrogens (tertiary/aromatic N) is 2. The number of allylic oxidation sites excluding steroid dienone is 3. The average Bonchev–Trinajstić information content (AvgIpc) is 2.85. The van der Waals surface area contributed by atoms with Crippen molar-refractivity contribution in [3.05, 3.63) is 108 Å². The predicted octanol–water partition coefficient (Wildman–Crippen LogP) is 5.43. The standard InChI is InChI=1S/C27H25N3O3S/c1-19-9-6-7-14-25(19)27(32)29-23-11-8-10-20(16-23)21-15-22(18-28-17-21)26(31)30-34(2,33)24-12-4-3-5-13-24/h3-12,14-18,24H,13H2,1-2H3,(H,29,32)/t24?,34-/m0/s1. The number of nitrogens with one attached hydrogen (secondary N) is 1. The topological polar surface area (TPSA) is 88.5 Å². The largest absolute Gasteiger partial charge is 0.322 e. The highest BCUT2D eigenvalue weighted by atomic mass is 32.2. The van der Waals surface area contributed by atoms with E-state index in [-0.39, 0.29) is 16.7 Å². The maximum Gasteiger partial charge on any atom is 0.286 e. The number of hydrogen-bond acceptors (Lipinski definition) is 4. The van der Waals surface area contributed by atoms with Crippen LogP contribution in [-0.4, -0.2) is 32.5 Å². The van der Waals surface area contributed by atoms with Gasteiger partial charge in [0.25, 0.3) is 11.8 Å². The Bertz CT molecular complexity index is 1430. The maximum absolute atomic E-state index is 13.0. The summed E-state index contributed by atoms with van der Waals surface area (Å²) in [5.41, 5.74) is 3.86. The number of benzene rings is 2. The van der Waals surface area contributed by atoms with Gasteiger partial charge in [-0.3, -0.25) is 14.6 Å². The average molecular weight is 472 g/mol. The Kier molecular flexibility index (Phi) is 6.84. The lowest BCUT2D eigenvalue weighted by atomic mass is 10.0. The molecule has 1 unspecified atom stereocenters. The van der Waals surface area contributed by atoms with Gasteiger partial charge in [-0.15, -0.1) is 0 Å². The van der Waals surface area contributed by atoms with Gasteiger partial charge in [0.15, 0.2) is 0 Å². The molecular weight excluding hydrogens is 446 g/mol. The minimum atomic E-state index is -2.75. The molecule has 34 heavy (non-hydrogen) atoms. The minimum absolute atomic E-state index is 0.194. The molecule has 4 rings (SSSR count). The van der Waals surface area contributed by atoms with Crippen molar-refractivity contribution in [2.24, 2.45) is 4.36 Å². The van der Waals surface area contributed by atoms with Crippen LogP contribution in [0.3, 0.4) is 0 Å². The highest BCUT2D eigenvalue weighted by molar-refractivity contribution is 7.94. The molecule has 0 aliphatic heterocycles. The molecule has 1 aromatic heterocycles.